The summed E-state index contributed by atoms with van der Waals surface area (Å²) in [4.78, 5) is 0.974. The first kappa shape index (κ1) is 15.6. The number of rotatable bonds is 5. The minimum absolute atomic E-state index is 0.221. The molecule has 0 unspecified atom stereocenters. The Morgan fingerprint density at radius 2 is 1.74 bits per heavy atom. The van der Waals surface area contributed by atoms with Crippen LogP contribution in [0, 0.1) is 0 Å². The number of anilines is 1. The molecule has 3 aromatic rings. The number of hydrogen-bond donors (Lipinski definition) is 1. The van der Waals surface area contributed by atoms with Gasteiger partial charge in [-0.15, -0.1) is 10.2 Å². The van der Waals surface area contributed by atoms with E-state index in [4.69, 9.17) is 0 Å². The van der Waals surface area contributed by atoms with Crippen LogP contribution < -0.4 is 4.72 Å². The minimum atomic E-state index is -3.63. The highest BCUT2D eigenvalue weighted by molar-refractivity contribution is 7.99. The lowest BCUT2D eigenvalue weighted by atomic mass is 10.3. The standard InChI is InChI=1S/C15H14N4O2S2/c1-19-11-16-17-15(19)22-14-10-6-5-9-13(14)18-23(20,21)12-7-3-2-4-8-12/h2-11,18H,1H3. The summed E-state index contributed by atoms with van der Waals surface area (Å²) in [5, 5.41) is 8.51. The Kier molecular flexibility index (Phi) is 4.35. The lowest BCUT2D eigenvalue weighted by Gasteiger charge is -2.11. The van der Waals surface area contributed by atoms with Crippen molar-refractivity contribution in [3.05, 3.63) is 60.9 Å². The van der Waals surface area contributed by atoms with Gasteiger partial charge in [-0.25, -0.2) is 8.42 Å². The molecule has 0 amide bonds. The van der Waals surface area contributed by atoms with Crippen molar-refractivity contribution in [2.45, 2.75) is 14.9 Å². The van der Waals surface area contributed by atoms with Crippen LogP contribution in [0.1, 0.15) is 0 Å². The number of nitrogens with zero attached hydrogens (tertiary/aromatic N) is 3. The van der Waals surface area contributed by atoms with Gasteiger partial charge in [-0.3, -0.25) is 4.72 Å². The first-order valence-electron chi connectivity index (χ1n) is 6.75. The molecule has 1 aromatic heterocycles. The fourth-order valence-corrected chi connectivity index (χ4v) is 3.92. The van der Waals surface area contributed by atoms with E-state index < -0.39 is 10.0 Å². The van der Waals surface area contributed by atoms with E-state index in [1.165, 1.54) is 11.8 Å². The van der Waals surface area contributed by atoms with Crippen LogP contribution in [-0.2, 0) is 17.1 Å². The first-order chi connectivity index (χ1) is 11.1. The number of sulfonamides is 1. The lowest BCUT2D eigenvalue weighted by molar-refractivity contribution is 0.601. The van der Waals surface area contributed by atoms with Crippen molar-refractivity contribution in [2.75, 3.05) is 4.72 Å². The molecule has 23 heavy (non-hydrogen) atoms. The zero-order chi connectivity index (χ0) is 16.3. The van der Waals surface area contributed by atoms with Crippen molar-refractivity contribution in [3.63, 3.8) is 0 Å². The maximum atomic E-state index is 12.5. The van der Waals surface area contributed by atoms with E-state index >= 15 is 0 Å². The molecular formula is C15H14N4O2S2. The highest BCUT2D eigenvalue weighted by Crippen LogP contribution is 2.32. The zero-order valence-electron chi connectivity index (χ0n) is 12.2. The van der Waals surface area contributed by atoms with Crippen LogP contribution in [0.2, 0.25) is 0 Å². The predicted molar refractivity (Wildman–Crippen MR) is 88.8 cm³/mol. The molecule has 0 atom stereocenters. The molecule has 0 saturated heterocycles. The molecular weight excluding hydrogens is 332 g/mol. The van der Waals surface area contributed by atoms with Gasteiger partial charge in [-0.05, 0) is 36.0 Å². The highest BCUT2D eigenvalue weighted by Gasteiger charge is 2.16. The molecule has 2 aromatic carbocycles. The number of benzene rings is 2. The van der Waals surface area contributed by atoms with Crippen molar-refractivity contribution in [2.24, 2.45) is 7.05 Å². The molecule has 0 fully saturated rings. The molecule has 1 N–H and O–H groups in total. The summed E-state index contributed by atoms with van der Waals surface area (Å²) in [6, 6.07) is 15.5. The highest BCUT2D eigenvalue weighted by atomic mass is 32.2. The largest absolute Gasteiger partial charge is 0.311 e. The van der Waals surface area contributed by atoms with Crippen molar-refractivity contribution in [3.8, 4) is 0 Å². The fourth-order valence-electron chi connectivity index (χ4n) is 1.91. The average Bonchev–Trinajstić information content (AvgIpc) is 2.95. The van der Waals surface area contributed by atoms with E-state index in [1.54, 1.807) is 53.4 Å². The van der Waals surface area contributed by atoms with Gasteiger partial charge in [0.05, 0.1) is 10.6 Å². The SMILES string of the molecule is Cn1cnnc1Sc1ccccc1NS(=O)(=O)c1ccccc1. The van der Waals surface area contributed by atoms with Crippen LogP contribution in [0.4, 0.5) is 5.69 Å². The van der Waals surface area contributed by atoms with Crippen molar-refractivity contribution >= 4 is 27.5 Å². The predicted octanol–water partition coefficient (Wildman–Crippen LogP) is 2.77. The molecule has 0 saturated carbocycles. The second-order valence-corrected chi connectivity index (χ2v) is 7.43. The molecule has 0 aliphatic heterocycles. The summed E-state index contributed by atoms with van der Waals surface area (Å²) < 4.78 is 29.3. The number of aromatic nitrogens is 3. The molecule has 8 heteroatoms. The summed E-state index contributed by atoms with van der Waals surface area (Å²) in [5.74, 6) is 0. The second kappa shape index (κ2) is 6.43. The van der Waals surface area contributed by atoms with Gasteiger partial charge in [0.2, 0.25) is 0 Å². The second-order valence-electron chi connectivity index (χ2n) is 4.74. The van der Waals surface area contributed by atoms with Crippen molar-refractivity contribution in [1.82, 2.24) is 14.8 Å². The molecule has 0 aliphatic rings. The van der Waals surface area contributed by atoms with E-state index in [1.807, 2.05) is 19.2 Å². The van der Waals surface area contributed by atoms with Crippen LogP contribution >= 0.6 is 11.8 Å². The van der Waals surface area contributed by atoms with E-state index in [9.17, 15) is 8.42 Å². The normalized spacial score (nSPS) is 11.3. The van der Waals surface area contributed by atoms with Crippen LogP contribution in [-0.4, -0.2) is 23.2 Å². The number of para-hydroxylation sites is 1. The van der Waals surface area contributed by atoms with Gasteiger partial charge in [0.1, 0.15) is 6.33 Å². The average molecular weight is 346 g/mol. The van der Waals surface area contributed by atoms with Gasteiger partial charge in [0.15, 0.2) is 5.16 Å². The molecule has 1 heterocycles. The molecule has 0 bridgehead atoms. The van der Waals surface area contributed by atoms with Crippen LogP contribution in [0.5, 0.6) is 0 Å². The number of aryl methyl sites for hydroxylation is 1. The minimum Gasteiger partial charge on any atom is -0.311 e. The van der Waals surface area contributed by atoms with Crippen LogP contribution in [0.15, 0.2) is 75.9 Å². The van der Waals surface area contributed by atoms with E-state index in [-0.39, 0.29) is 4.90 Å². The molecule has 0 radical (unpaired) electrons. The third-order valence-corrected chi connectivity index (χ3v) is 5.57. The third kappa shape index (κ3) is 3.54. The topological polar surface area (TPSA) is 76.9 Å². The number of hydrogen-bond acceptors (Lipinski definition) is 5. The summed E-state index contributed by atoms with van der Waals surface area (Å²) in [6.07, 6.45) is 1.60. The zero-order valence-corrected chi connectivity index (χ0v) is 13.9. The Bertz CT molecular complexity index is 908. The van der Waals surface area contributed by atoms with Gasteiger partial charge >= 0.3 is 0 Å². The van der Waals surface area contributed by atoms with Gasteiger partial charge in [-0.1, -0.05) is 30.3 Å². The van der Waals surface area contributed by atoms with Crippen molar-refractivity contribution in [1.29, 1.82) is 0 Å². The van der Waals surface area contributed by atoms with E-state index in [0.717, 1.165) is 4.90 Å². The first-order valence-corrected chi connectivity index (χ1v) is 9.05. The molecule has 0 spiro atoms. The lowest BCUT2D eigenvalue weighted by Crippen LogP contribution is -2.13. The smallest absolute Gasteiger partial charge is 0.261 e. The Morgan fingerprint density at radius 3 is 2.43 bits per heavy atom. The monoisotopic (exact) mass is 346 g/mol. The Labute approximate surface area is 138 Å². The fraction of sp³-hybridized carbons (Fsp3) is 0.0667. The van der Waals surface area contributed by atoms with E-state index in [2.05, 4.69) is 14.9 Å². The maximum Gasteiger partial charge on any atom is 0.261 e. The van der Waals surface area contributed by atoms with E-state index in [0.29, 0.717) is 10.8 Å². The molecule has 6 nitrogen and oxygen atoms in total. The van der Waals surface area contributed by atoms with Gasteiger partial charge in [0, 0.05) is 11.9 Å². The molecule has 118 valence electrons. The van der Waals surface area contributed by atoms with Crippen molar-refractivity contribution < 1.29 is 8.42 Å². The number of nitrogens with one attached hydrogen (secondary N) is 1. The van der Waals surface area contributed by atoms with Gasteiger partial charge < -0.3 is 4.57 Å². The summed E-state index contributed by atoms with van der Waals surface area (Å²) in [7, 11) is -1.80. The molecule has 0 aliphatic carbocycles. The van der Waals surface area contributed by atoms with Crippen LogP contribution in [0.25, 0.3) is 0 Å². The quantitative estimate of drug-likeness (QED) is 0.769. The summed E-state index contributed by atoms with van der Waals surface area (Å²) in [5.41, 5.74) is 0.504. The van der Waals surface area contributed by atoms with Crippen LogP contribution in [0.3, 0.4) is 0 Å². The maximum absolute atomic E-state index is 12.5. The van der Waals surface area contributed by atoms with Gasteiger partial charge in [0.25, 0.3) is 10.0 Å². The Hall–Kier alpha value is -2.32. The third-order valence-electron chi connectivity index (χ3n) is 3.06. The van der Waals surface area contributed by atoms with Gasteiger partial charge in [-0.2, -0.15) is 0 Å². The summed E-state index contributed by atoms with van der Waals surface area (Å²) in [6.45, 7) is 0. The Balaban J connectivity index is 1.91. The molecule has 3 rings (SSSR count). The Morgan fingerprint density at radius 1 is 1.04 bits per heavy atom. The summed E-state index contributed by atoms with van der Waals surface area (Å²) >= 11 is 1.35.